The van der Waals surface area contributed by atoms with Crippen LogP contribution in [0.15, 0.2) is 0 Å². The van der Waals surface area contributed by atoms with Crippen LogP contribution in [-0.4, -0.2) is 76.6 Å². The van der Waals surface area contributed by atoms with Gasteiger partial charge in [-0.05, 0) is 65.2 Å². The number of unbranched alkanes of at least 4 members (excludes halogenated alkanes) is 43. The predicted molar refractivity (Wildman–Crippen MR) is 310 cm³/mol. The first kappa shape index (κ1) is 66.9. The van der Waals surface area contributed by atoms with Gasteiger partial charge in [-0.15, -0.1) is 0 Å². The number of amides is 3. The molecule has 1 aliphatic heterocycles. The summed E-state index contributed by atoms with van der Waals surface area (Å²) in [6.45, 7) is 18.8. The van der Waals surface area contributed by atoms with E-state index in [9.17, 15) is 9.59 Å². The van der Waals surface area contributed by atoms with E-state index in [1.165, 1.54) is 283 Å². The summed E-state index contributed by atoms with van der Waals surface area (Å²) >= 11 is 0. The molecule has 0 aliphatic carbocycles. The van der Waals surface area contributed by atoms with Crippen molar-refractivity contribution >= 4 is 11.9 Å². The van der Waals surface area contributed by atoms with Gasteiger partial charge in [-0.3, -0.25) is 19.5 Å². The smallest absolute Gasteiger partial charge is 0.297 e. The average Bonchev–Trinajstić information content (AvgIpc) is 3.53. The highest BCUT2D eigenvalue weighted by Gasteiger charge is 2.54. The van der Waals surface area contributed by atoms with Gasteiger partial charge in [0.25, 0.3) is 5.91 Å². The Labute approximate surface area is 440 Å². The van der Waals surface area contributed by atoms with Gasteiger partial charge >= 0.3 is 6.03 Å². The van der Waals surface area contributed by atoms with Crippen LogP contribution < -0.4 is 0 Å². The third-order valence-electron chi connectivity index (χ3n) is 16.3. The minimum absolute atomic E-state index is 0.0145. The number of rotatable bonds is 57. The summed E-state index contributed by atoms with van der Waals surface area (Å²) in [5.74, 6) is 0.0782. The largest absolute Gasteiger partial charge is 0.329 e. The highest BCUT2D eigenvalue weighted by Crippen LogP contribution is 2.34. The molecule has 0 radical (unpaired) electrons. The van der Waals surface area contributed by atoms with E-state index in [2.05, 4.69) is 56.2 Å². The zero-order valence-corrected chi connectivity index (χ0v) is 49.0. The number of urea groups is 1. The fourth-order valence-corrected chi connectivity index (χ4v) is 11.2. The maximum Gasteiger partial charge on any atom is 0.329 e. The zero-order chi connectivity index (χ0) is 50.9. The van der Waals surface area contributed by atoms with E-state index in [-0.39, 0.29) is 11.9 Å². The molecule has 6 heteroatoms. The monoisotopic (exact) mass is 985 g/mol. The van der Waals surface area contributed by atoms with E-state index in [1.807, 2.05) is 0 Å². The minimum Gasteiger partial charge on any atom is -0.297 e. The fourth-order valence-electron chi connectivity index (χ4n) is 11.2. The Balaban J connectivity index is 3.13. The van der Waals surface area contributed by atoms with Crippen molar-refractivity contribution in [1.82, 2.24) is 19.6 Å². The average molecular weight is 986 g/mol. The molecule has 0 spiro atoms. The second-order valence-corrected chi connectivity index (χ2v) is 23.2. The molecule has 0 bridgehead atoms. The number of carbonyl (C=O) groups is 2. The van der Waals surface area contributed by atoms with Crippen LogP contribution in [-0.2, 0) is 4.79 Å². The number of hydrogen-bond acceptors (Lipinski definition) is 4. The lowest BCUT2D eigenvalue weighted by Gasteiger charge is -2.36. The van der Waals surface area contributed by atoms with Crippen LogP contribution in [0, 0.1) is 0 Å². The van der Waals surface area contributed by atoms with Crippen LogP contribution in [0.2, 0.25) is 0 Å². The first-order valence-corrected chi connectivity index (χ1v) is 32.5. The van der Waals surface area contributed by atoms with Crippen LogP contribution in [0.25, 0.3) is 0 Å². The molecular formula is C64H128N4O2. The van der Waals surface area contributed by atoms with Gasteiger partial charge in [0.2, 0.25) is 0 Å². The van der Waals surface area contributed by atoms with E-state index < -0.39 is 5.54 Å². The normalized spacial score (nSPS) is 15.3. The van der Waals surface area contributed by atoms with Crippen LogP contribution in [0.4, 0.5) is 4.79 Å². The Bertz CT molecular complexity index is 1070. The van der Waals surface area contributed by atoms with Crippen molar-refractivity contribution in [3.63, 3.8) is 0 Å². The molecule has 0 saturated carbocycles. The molecular weight excluding hydrogens is 857 g/mol. The van der Waals surface area contributed by atoms with Gasteiger partial charge in [0, 0.05) is 0 Å². The lowest BCUT2D eigenvalue weighted by molar-refractivity contribution is -0.134. The van der Waals surface area contributed by atoms with Crippen LogP contribution in [0.5, 0.6) is 0 Å². The third-order valence-corrected chi connectivity index (χ3v) is 16.3. The Morgan fingerprint density at radius 1 is 0.300 bits per heavy atom. The molecule has 0 aromatic carbocycles. The third kappa shape index (κ3) is 35.9. The molecule has 70 heavy (non-hydrogen) atoms. The van der Waals surface area contributed by atoms with Gasteiger partial charge in [-0.2, -0.15) is 0 Å². The molecule has 0 aromatic heterocycles. The van der Waals surface area contributed by atoms with Crippen molar-refractivity contribution in [3.05, 3.63) is 0 Å². The topological polar surface area (TPSA) is 47.1 Å². The van der Waals surface area contributed by atoms with Gasteiger partial charge in [0.15, 0.2) is 0 Å². The molecule has 3 amide bonds. The van der Waals surface area contributed by atoms with E-state index in [0.717, 1.165) is 58.3 Å². The lowest BCUT2D eigenvalue weighted by Crippen LogP contribution is -2.52. The molecule has 1 heterocycles. The molecule has 1 fully saturated rings. The summed E-state index contributed by atoms with van der Waals surface area (Å²) in [6, 6.07) is -0.0145. The summed E-state index contributed by atoms with van der Waals surface area (Å²) in [7, 11) is 0. The molecule has 0 aromatic rings. The standard InChI is InChI=1S/C64H128N4O2/c1-7-12-17-22-27-32-36-41-46-51-56-65(57-52-47-42-37-33-28-23-18-13-8-2)60-67-62(69)64(6,55-50-45-40-31-26-21-16-11-5)68(63(67)70)61-66(58-53-48-43-38-34-29-24-19-14-9-3)59-54-49-44-39-35-30-25-20-15-10-4/h7-61H2,1-6H3. The maximum atomic E-state index is 15.0. The van der Waals surface area contributed by atoms with E-state index in [1.54, 1.807) is 4.90 Å². The number of carbonyl (C=O) groups excluding carboxylic acids is 2. The van der Waals surface area contributed by atoms with Gasteiger partial charge in [-0.1, -0.05) is 317 Å². The SMILES string of the molecule is CCCCCCCCCCCCN(CCCCCCCCCCCC)CN1C(=O)N(CN(CCCCCCCCCCCC)CCCCCCCCCCCC)C(C)(CCCCCCCCCC)C1=O. The minimum atomic E-state index is -0.771. The fraction of sp³-hybridized carbons (Fsp3) is 0.969. The highest BCUT2D eigenvalue weighted by atomic mass is 16.2. The van der Waals surface area contributed by atoms with Crippen LogP contribution in [0.1, 0.15) is 356 Å². The Morgan fingerprint density at radius 2 is 0.514 bits per heavy atom. The van der Waals surface area contributed by atoms with Crippen molar-refractivity contribution in [2.75, 3.05) is 39.5 Å². The van der Waals surface area contributed by atoms with Crippen molar-refractivity contribution in [2.45, 2.75) is 362 Å². The first-order valence-electron chi connectivity index (χ1n) is 32.5. The van der Waals surface area contributed by atoms with Crippen LogP contribution in [0.3, 0.4) is 0 Å². The molecule has 1 atom stereocenters. The van der Waals surface area contributed by atoms with E-state index in [0.29, 0.717) is 13.3 Å². The molecule has 6 nitrogen and oxygen atoms in total. The quantitative estimate of drug-likeness (QED) is 0.0450. The second-order valence-electron chi connectivity index (χ2n) is 23.2. The van der Waals surface area contributed by atoms with E-state index in [4.69, 9.17) is 0 Å². The first-order chi connectivity index (χ1) is 34.4. The van der Waals surface area contributed by atoms with Gasteiger partial charge in [0.05, 0.1) is 13.3 Å². The maximum absolute atomic E-state index is 15.0. The van der Waals surface area contributed by atoms with Gasteiger partial charge in [-0.25, -0.2) is 9.69 Å². The summed E-state index contributed by atoms with van der Waals surface area (Å²) in [5, 5.41) is 0. The number of hydrogen-bond donors (Lipinski definition) is 0. The van der Waals surface area contributed by atoms with Gasteiger partial charge in [0.1, 0.15) is 5.54 Å². The second kappa shape index (κ2) is 50.0. The molecule has 1 saturated heterocycles. The van der Waals surface area contributed by atoms with E-state index >= 15 is 0 Å². The Kier molecular flexibility index (Phi) is 47.8. The van der Waals surface area contributed by atoms with Crippen molar-refractivity contribution in [1.29, 1.82) is 0 Å². The van der Waals surface area contributed by atoms with Gasteiger partial charge < -0.3 is 0 Å². The number of nitrogens with zero attached hydrogens (tertiary/aromatic N) is 4. The predicted octanol–water partition coefficient (Wildman–Crippen LogP) is 20.7. The molecule has 1 aliphatic rings. The Hall–Kier alpha value is -1.14. The Morgan fingerprint density at radius 3 is 0.771 bits per heavy atom. The van der Waals surface area contributed by atoms with Crippen molar-refractivity contribution in [2.24, 2.45) is 0 Å². The van der Waals surface area contributed by atoms with Crippen molar-refractivity contribution in [3.8, 4) is 0 Å². The summed E-state index contributed by atoms with van der Waals surface area (Å²) in [6.07, 6.45) is 64.1. The summed E-state index contributed by atoms with van der Waals surface area (Å²) < 4.78 is 0. The lowest BCUT2D eigenvalue weighted by atomic mass is 9.92. The summed E-state index contributed by atoms with van der Waals surface area (Å²) in [5.41, 5.74) is -0.771. The zero-order valence-electron chi connectivity index (χ0n) is 49.0. The number of imide groups is 1. The van der Waals surface area contributed by atoms with Crippen LogP contribution >= 0.6 is 0 Å². The molecule has 416 valence electrons. The van der Waals surface area contributed by atoms with Crippen molar-refractivity contribution < 1.29 is 9.59 Å². The molecule has 1 unspecified atom stereocenters. The molecule has 1 rings (SSSR count). The highest BCUT2D eigenvalue weighted by molar-refractivity contribution is 6.06. The summed E-state index contributed by atoms with van der Waals surface area (Å²) in [4.78, 5) is 38.9. The molecule has 0 N–H and O–H groups in total.